The SMILES string of the molecule is O[C@H]1CCC[C@]1([NH2+]Cc1ccccc1)c1ccccc1. The van der Waals surface area contributed by atoms with Gasteiger partial charge >= 0.3 is 0 Å². The second-order valence-corrected chi connectivity index (χ2v) is 5.71. The molecule has 2 aromatic carbocycles. The van der Waals surface area contributed by atoms with Gasteiger partial charge in [-0.1, -0.05) is 60.7 Å². The Hall–Kier alpha value is -1.64. The molecule has 0 aromatic heterocycles. The first-order chi connectivity index (χ1) is 9.81. The van der Waals surface area contributed by atoms with E-state index in [9.17, 15) is 5.11 Å². The Morgan fingerprint density at radius 2 is 1.65 bits per heavy atom. The Morgan fingerprint density at radius 3 is 2.25 bits per heavy atom. The monoisotopic (exact) mass is 268 g/mol. The maximum Gasteiger partial charge on any atom is 0.148 e. The van der Waals surface area contributed by atoms with Gasteiger partial charge in [0.2, 0.25) is 0 Å². The molecule has 104 valence electrons. The summed E-state index contributed by atoms with van der Waals surface area (Å²) in [5, 5.41) is 12.9. The minimum Gasteiger partial charge on any atom is -0.386 e. The molecule has 1 aliphatic carbocycles. The minimum absolute atomic E-state index is 0.170. The van der Waals surface area contributed by atoms with Crippen molar-refractivity contribution >= 4 is 0 Å². The Balaban J connectivity index is 1.84. The third-order valence-corrected chi connectivity index (χ3v) is 4.52. The number of hydrogen-bond acceptors (Lipinski definition) is 1. The highest BCUT2D eigenvalue weighted by molar-refractivity contribution is 5.25. The van der Waals surface area contributed by atoms with Gasteiger partial charge in [0.05, 0.1) is 0 Å². The fourth-order valence-electron chi connectivity index (χ4n) is 3.37. The second kappa shape index (κ2) is 5.78. The fraction of sp³-hybridized carbons (Fsp3) is 0.333. The van der Waals surface area contributed by atoms with Gasteiger partial charge in [0.25, 0.3) is 0 Å². The molecule has 0 bridgehead atoms. The average Bonchev–Trinajstić information content (AvgIpc) is 2.89. The molecule has 1 fully saturated rings. The van der Waals surface area contributed by atoms with E-state index >= 15 is 0 Å². The zero-order valence-electron chi connectivity index (χ0n) is 11.7. The van der Waals surface area contributed by atoms with Crippen LogP contribution in [0.2, 0.25) is 0 Å². The van der Waals surface area contributed by atoms with Crippen LogP contribution in [0.3, 0.4) is 0 Å². The quantitative estimate of drug-likeness (QED) is 0.876. The van der Waals surface area contributed by atoms with Gasteiger partial charge in [0.1, 0.15) is 18.2 Å². The largest absolute Gasteiger partial charge is 0.386 e. The van der Waals surface area contributed by atoms with E-state index < -0.39 is 0 Å². The van der Waals surface area contributed by atoms with E-state index in [1.807, 2.05) is 12.1 Å². The van der Waals surface area contributed by atoms with Crippen LogP contribution in [0.25, 0.3) is 0 Å². The Kier molecular flexibility index (Phi) is 3.86. The van der Waals surface area contributed by atoms with Crippen LogP contribution in [0.15, 0.2) is 60.7 Å². The molecule has 2 aromatic rings. The van der Waals surface area contributed by atoms with Crippen molar-refractivity contribution in [3.8, 4) is 0 Å². The van der Waals surface area contributed by atoms with E-state index in [0.717, 1.165) is 25.8 Å². The number of aliphatic hydroxyl groups excluding tert-OH is 1. The zero-order valence-corrected chi connectivity index (χ0v) is 11.7. The minimum atomic E-state index is -0.256. The maximum atomic E-state index is 10.5. The highest BCUT2D eigenvalue weighted by Crippen LogP contribution is 2.35. The molecule has 1 saturated carbocycles. The predicted octanol–water partition coefficient (Wildman–Crippen LogP) is 2.19. The van der Waals surface area contributed by atoms with Gasteiger partial charge in [0, 0.05) is 17.5 Å². The second-order valence-electron chi connectivity index (χ2n) is 5.71. The van der Waals surface area contributed by atoms with Crippen LogP contribution >= 0.6 is 0 Å². The molecule has 0 spiro atoms. The molecule has 2 atom stereocenters. The first-order valence-corrected chi connectivity index (χ1v) is 7.43. The average molecular weight is 268 g/mol. The molecular weight excluding hydrogens is 246 g/mol. The van der Waals surface area contributed by atoms with Crippen LogP contribution in [0.4, 0.5) is 0 Å². The number of nitrogens with two attached hydrogens (primary N) is 1. The molecule has 3 N–H and O–H groups in total. The van der Waals surface area contributed by atoms with Gasteiger partial charge in [-0.15, -0.1) is 0 Å². The van der Waals surface area contributed by atoms with Crippen molar-refractivity contribution in [2.45, 2.75) is 37.5 Å². The van der Waals surface area contributed by atoms with Gasteiger partial charge < -0.3 is 10.4 Å². The Bertz CT molecular complexity index is 540. The van der Waals surface area contributed by atoms with Gasteiger partial charge in [0.15, 0.2) is 0 Å². The zero-order chi connectivity index (χ0) is 13.8. The van der Waals surface area contributed by atoms with Crippen LogP contribution in [0.5, 0.6) is 0 Å². The number of hydrogen-bond donors (Lipinski definition) is 2. The van der Waals surface area contributed by atoms with Crippen molar-refractivity contribution in [3.63, 3.8) is 0 Å². The summed E-state index contributed by atoms with van der Waals surface area (Å²) in [6, 6.07) is 21.0. The van der Waals surface area contributed by atoms with Crippen molar-refractivity contribution in [2.75, 3.05) is 0 Å². The highest BCUT2D eigenvalue weighted by Gasteiger charge is 2.46. The van der Waals surface area contributed by atoms with Crippen LogP contribution in [0, 0.1) is 0 Å². The van der Waals surface area contributed by atoms with E-state index in [1.165, 1.54) is 11.1 Å². The summed E-state index contributed by atoms with van der Waals surface area (Å²) in [4.78, 5) is 0. The standard InChI is InChI=1S/C18H21NO/c20-17-12-7-13-18(17,16-10-5-2-6-11-16)19-14-15-8-3-1-4-9-15/h1-6,8-11,17,19-20H,7,12-14H2/p+1/t17-,18-/m0/s1. The van der Waals surface area contributed by atoms with Gasteiger partial charge in [-0.3, -0.25) is 0 Å². The number of quaternary nitrogens is 1. The lowest BCUT2D eigenvalue weighted by Crippen LogP contribution is -2.95. The van der Waals surface area contributed by atoms with Crippen molar-refractivity contribution in [1.29, 1.82) is 0 Å². The van der Waals surface area contributed by atoms with Crippen LogP contribution in [-0.2, 0) is 12.1 Å². The summed E-state index contributed by atoms with van der Waals surface area (Å²) < 4.78 is 0. The van der Waals surface area contributed by atoms with E-state index in [2.05, 4.69) is 53.8 Å². The first kappa shape index (κ1) is 13.3. The summed E-state index contributed by atoms with van der Waals surface area (Å²) >= 11 is 0. The normalized spacial score (nSPS) is 25.8. The molecule has 2 nitrogen and oxygen atoms in total. The highest BCUT2D eigenvalue weighted by atomic mass is 16.3. The van der Waals surface area contributed by atoms with E-state index in [-0.39, 0.29) is 11.6 Å². The number of rotatable bonds is 4. The summed E-state index contributed by atoms with van der Waals surface area (Å²) in [5.74, 6) is 0. The van der Waals surface area contributed by atoms with Crippen molar-refractivity contribution in [2.24, 2.45) is 0 Å². The third-order valence-electron chi connectivity index (χ3n) is 4.52. The lowest BCUT2D eigenvalue weighted by Gasteiger charge is -2.31. The molecule has 3 rings (SSSR count). The number of benzene rings is 2. The molecule has 0 aliphatic heterocycles. The van der Waals surface area contributed by atoms with Crippen LogP contribution < -0.4 is 5.32 Å². The van der Waals surface area contributed by atoms with Crippen molar-refractivity contribution in [3.05, 3.63) is 71.8 Å². The van der Waals surface area contributed by atoms with Gasteiger partial charge in [-0.2, -0.15) is 0 Å². The molecular formula is C18H22NO+. The van der Waals surface area contributed by atoms with E-state index in [1.54, 1.807) is 0 Å². The van der Waals surface area contributed by atoms with E-state index in [4.69, 9.17) is 0 Å². The Labute approximate surface area is 120 Å². The lowest BCUT2D eigenvalue weighted by molar-refractivity contribution is -0.756. The van der Waals surface area contributed by atoms with Crippen molar-refractivity contribution < 1.29 is 10.4 Å². The molecule has 0 radical (unpaired) electrons. The third kappa shape index (κ3) is 2.49. The molecule has 0 heterocycles. The smallest absolute Gasteiger partial charge is 0.148 e. The van der Waals surface area contributed by atoms with Crippen LogP contribution in [-0.4, -0.2) is 11.2 Å². The fourth-order valence-corrected chi connectivity index (χ4v) is 3.37. The van der Waals surface area contributed by atoms with Crippen LogP contribution in [0.1, 0.15) is 30.4 Å². The molecule has 0 amide bonds. The predicted molar refractivity (Wildman–Crippen MR) is 80.0 cm³/mol. The first-order valence-electron chi connectivity index (χ1n) is 7.43. The maximum absolute atomic E-state index is 10.5. The molecule has 0 saturated heterocycles. The molecule has 2 heteroatoms. The lowest BCUT2D eigenvalue weighted by atomic mass is 9.86. The van der Waals surface area contributed by atoms with Gasteiger partial charge in [-0.05, 0) is 12.8 Å². The van der Waals surface area contributed by atoms with Gasteiger partial charge in [-0.25, -0.2) is 0 Å². The Morgan fingerprint density at radius 1 is 1.00 bits per heavy atom. The van der Waals surface area contributed by atoms with E-state index in [0.29, 0.717) is 0 Å². The summed E-state index contributed by atoms with van der Waals surface area (Å²) in [7, 11) is 0. The summed E-state index contributed by atoms with van der Waals surface area (Å²) in [5.41, 5.74) is 2.39. The summed E-state index contributed by atoms with van der Waals surface area (Å²) in [6.07, 6.45) is 2.79. The number of aliphatic hydroxyl groups is 1. The molecule has 20 heavy (non-hydrogen) atoms. The summed E-state index contributed by atoms with van der Waals surface area (Å²) in [6.45, 7) is 0.910. The molecule has 1 aliphatic rings. The molecule has 0 unspecified atom stereocenters. The topological polar surface area (TPSA) is 36.8 Å². The van der Waals surface area contributed by atoms with Crippen molar-refractivity contribution in [1.82, 2.24) is 0 Å².